The second-order valence-electron chi connectivity index (χ2n) is 6.08. The number of benzene rings is 1. The monoisotopic (exact) mass is 420 g/mol. The van der Waals surface area contributed by atoms with Crippen LogP contribution in [-0.4, -0.2) is 69.5 Å². The van der Waals surface area contributed by atoms with E-state index in [9.17, 15) is 5.11 Å². The van der Waals surface area contributed by atoms with E-state index in [1.165, 1.54) is 0 Å². The number of hydrogen-bond acceptors (Lipinski definition) is 6. The van der Waals surface area contributed by atoms with Gasteiger partial charge in [0.05, 0.1) is 6.61 Å². The van der Waals surface area contributed by atoms with Crippen LogP contribution in [0.2, 0.25) is 0 Å². The van der Waals surface area contributed by atoms with Crippen molar-refractivity contribution in [2.24, 2.45) is 0 Å². The lowest BCUT2D eigenvalue weighted by Crippen LogP contribution is -2.34. The zero-order valence-corrected chi connectivity index (χ0v) is 16.0. The highest BCUT2D eigenvalue weighted by Crippen LogP contribution is 2.23. The van der Waals surface area contributed by atoms with Gasteiger partial charge in [-0.2, -0.15) is 0 Å². The fourth-order valence-corrected chi connectivity index (χ4v) is 2.90. The number of pyridine rings is 1. The molecule has 7 nitrogen and oxygen atoms in total. The van der Waals surface area contributed by atoms with Crippen LogP contribution in [0.1, 0.15) is 0 Å². The summed E-state index contributed by atoms with van der Waals surface area (Å²) in [6.45, 7) is 1.23. The summed E-state index contributed by atoms with van der Waals surface area (Å²) in [5.41, 5.74) is 2.46. The van der Waals surface area contributed by atoms with Crippen molar-refractivity contribution in [2.75, 3.05) is 33.4 Å². The zero-order chi connectivity index (χ0) is 18.5. The molecule has 0 saturated carbocycles. The molecule has 0 aliphatic carbocycles. The van der Waals surface area contributed by atoms with Crippen molar-refractivity contribution in [3.8, 4) is 17.1 Å². The van der Waals surface area contributed by atoms with Gasteiger partial charge in [0.15, 0.2) is 5.65 Å². The highest BCUT2D eigenvalue weighted by atomic mass is 79.9. The molecule has 0 aliphatic rings. The normalized spacial score (nSPS) is 12.7. The highest BCUT2D eigenvalue weighted by Gasteiger charge is 2.10. The Morgan fingerprint density at radius 1 is 1.31 bits per heavy atom. The molecule has 1 unspecified atom stereocenters. The number of aliphatic hydroxyl groups is 2. The van der Waals surface area contributed by atoms with Gasteiger partial charge in [0.2, 0.25) is 0 Å². The van der Waals surface area contributed by atoms with E-state index >= 15 is 0 Å². The first kappa shape index (κ1) is 18.8. The van der Waals surface area contributed by atoms with Crippen molar-refractivity contribution in [1.82, 2.24) is 19.9 Å². The number of aromatic nitrogens is 3. The minimum atomic E-state index is -0.619. The lowest BCUT2D eigenvalue weighted by atomic mass is 10.2. The van der Waals surface area contributed by atoms with Gasteiger partial charge in [0, 0.05) is 29.3 Å². The lowest BCUT2D eigenvalue weighted by Gasteiger charge is -2.19. The summed E-state index contributed by atoms with van der Waals surface area (Å²) in [6, 6.07) is 9.42. The zero-order valence-electron chi connectivity index (χ0n) is 14.4. The molecule has 26 heavy (non-hydrogen) atoms. The molecule has 0 bridgehead atoms. The van der Waals surface area contributed by atoms with Crippen molar-refractivity contribution < 1.29 is 14.9 Å². The van der Waals surface area contributed by atoms with Crippen LogP contribution < -0.4 is 4.74 Å². The Labute approximate surface area is 159 Å². The molecule has 0 saturated heterocycles. The molecule has 0 amide bonds. The van der Waals surface area contributed by atoms with Crippen LogP contribution in [0.15, 0.2) is 41.0 Å². The van der Waals surface area contributed by atoms with E-state index in [1.807, 2.05) is 42.3 Å². The van der Waals surface area contributed by atoms with Gasteiger partial charge in [-0.1, -0.05) is 0 Å². The quantitative estimate of drug-likeness (QED) is 0.516. The SMILES string of the molecule is CN(CCO)CC(O)COc1ccc(-c2nc3cc(Br)cnc3[nH]2)cc1. The standard InChI is InChI=1S/C18H21BrN4O3/c1-23(6-7-24)10-14(25)11-26-15-4-2-12(3-5-15)17-21-16-8-13(19)9-20-18(16)22-17/h2-5,8-9,14,24-25H,6-7,10-11H2,1H3,(H,20,21,22). The van der Waals surface area contributed by atoms with Crippen molar-refractivity contribution in [1.29, 1.82) is 0 Å². The minimum Gasteiger partial charge on any atom is -0.491 e. The van der Waals surface area contributed by atoms with Gasteiger partial charge in [0.1, 0.15) is 29.8 Å². The van der Waals surface area contributed by atoms with E-state index in [4.69, 9.17) is 9.84 Å². The second-order valence-corrected chi connectivity index (χ2v) is 7.00. The number of imidazole rings is 1. The van der Waals surface area contributed by atoms with Crippen molar-refractivity contribution in [2.45, 2.75) is 6.10 Å². The largest absolute Gasteiger partial charge is 0.491 e. The molecule has 3 rings (SSSR count). The third kappa shape index (κ3) is 4.79. The number of fused-ring (bicyclic) bond motifs is 1. The molecule has 2 aromatic heterocycles. The summed E-state index contributed by atoms with van der Waals surface area (Å²) in [4.78, 5) is 13.9. The Kier molecular flexibility index (Phi) is 6.20. The van der Waals surface area contributed by atoms with Crippen LogP contribution in [0.25, 0.3) is 22.6 Å². The molecule has 1 atom stereocenters. The van der Waals surface area contributed by atoms with Crippen LogP contribution in [0.3, 0.4) is 0 Å². The Morgan fingerprint density at radius 2 is 2.08 bits per heavy atom. The van der Waals surface area contributed by atoms with Crippen molar-refractivity contribution in [3.63, 3.8) is 0 Å². The number of ether oxygens (including phenoxy) is 1. The smallest absolute Gasteiger partial charge is 0.157 e. The number of aromatic amines is 1. The van der Waals surface area contributed by atoms with Gasteiger partial charge >= 0.3 is 0 Å². The first-order valence-electron chi connectivity index (χ1n) is 8.27. The number of nitrogens with one attached hydrogen (secondary N) is 1. The molecule has 0 aliphatic heterocycles. The predicted octanol–water partition coefficient (Wildman–Crippen LogP) is 2.05. The molecule has 0 fully saturated rings. The fourth-order valence-electron chi connectivity index (χ4n) is 2.58. The Hall–Kier alpha value is -2.00. The summed E-state index contributed by atoms with van der Waals surface area (Å²) >= 11 is 3.39. The first-order chi connectivity index (χ1) is 12.5. The number of likely N-dealkylation sites (N-methyl/N-ethyl adjacent to an activating group) is 1. The number of rotatable bonds is 8. The van der Waals surface area contributed by atoms with Crippen molar-refractivity contribution >= 4 is 27.1 Å². The van der Waals surface area contributed by atoms with Crippen LogP contribution in [0.4, 0.5) is 0 Å². The Bertz CT molecular complexity index is 853. The second kappa shape index (κ2) is 8.59. The molecule has 3 N–H and O–H groups in total. The number of H-pyrrole nitrogens is 1. The molecule has 1 aromatic carbocycles. The summed E-state index contributed by atoms with van der Waals surface area (Å²) < 4.78 is 6.51. The van der Waals surface area contributed by atoms with Gasteiger partial charge in [0.25, 0.3) is 0 Å². The van der Waals surface area contributed by atoms with Crippen LogP contribution in [0, 0.1) is 0 Å². The third-order valence-corrected chi connectivity index (χ3v) is 4.31. The molecular weight excluding hydrogens is 400 g/mol. The Balaban J connectivity index is 1.61. The molecule has 0 spiro atoms. The van der Waals surface area contributed by atoms with Gasteiger partial charge in [-0.05, 0) is 53.3 Å². The highest BCUT2D eigenvalue weighted by molar-refractivity contribution is 9.10. The molecular formula is C18H21BrN4O3. The third-order valence-electron chi connectivity index (χ3n) is 3.88. The van der Waals surface area contributed by atoms with Gasteiger partial charge in [-0.25, -0.2) is 9.97 Å². The van der Waals surface area contributed by atoms with Crippen molar-refractivity contribution in [3.05, 3.63) is 41.0 Å². The number of aliphatic hydroxyl groups excluding tert-OH is 2. The van der Waals surface area contributed by atoms with E-state index in [-0.39, 0.29) is 13.2 Å². The van der Waals surface area contributed by atoms with E-state index in [2.05, 4.69) is 30.9 Å². The lowest BCUT2D eigenvalue weighted by molar-refractivity contribution is 0.0711. The summed E-state index contributed by atoms with van der Waals surface area (Å²) in [6.07, 6.45) is 1.11. The van der Waals surface area contributed by atoms with E-state index in [1.54, 1.807) is 6.20 Å². The average Bonchev–Trinajstić information content (AvgIpc) is 3.03. The predicted molar refractivity (Wildman–Crippen MR) is 103 cm³/mol. The Morgan fingerprint density at radius 3 is 2.81 bits per heavy atom. The number of nitrogens with zero attached hydrogens (tertiary/aromatic N) is 3. The maximum atomic E-state index is 9.97. The maximum absolute atomic E-state index is 9.97. The summed E-state index contributed by atoms with van der Waals surface area (Å²) in [7, 11) is 1.84. The van der Waals surface area contributed by atoms with Crippen LogP contribution >= 0.6 is 15.9 Å². The van der Waals surface area contributed by atoms with E-state index in [0.29, 0.717) is 18.8 Å². The maximum Gasteiger partial charge on any atom is 0.157 e. The summed E-state index contributed by atoms with van der Waals surface area (Å²) in [5.74, 6) is 1.41. The topological polar surface area (TPSA) is 94.5 Å². The van der Waals surface area contributed by atoms with Gasteiger partial charge in [-0.15, -0.1) is 0 Å². The summed E-state index contributed by atoms with van der Waals surface area (Å²) in [5, 5.41) is 18.8. The fraction of sp³-hybridized carbons (Fsp3) is 0.333. The van der Waals surface area contributed by atoms with E-state index < -0.39 is 6.10 Å². The average molecular weight is 421 g/mol. The number of halogens is 1. The van der Waals surface area contributed by atoms with Gasteiger partial charge in [-0.3, -0.25) is 0 Å². The first-order valence-corrected chi connectivity index (χ1v) is 9.06. The molecule has 3 aromatic rings. The van der Waals surface area contributed by atoms with E-state index in [0.717, 1.165) is 27.0 Å². The van der Waals surface area contributed by atoms with Crippen LogP contribution in [-0.2, 0) is 0 Å². The minimum absolute atomic E-state index is 0.0692. The molecule has 2 heterocycles. The molecule has 138 valence electrons. The van der Waals surface area contributed by atoms with Gasteiger partial charge < -0.3 is 24.8 Å². The molecule has 0 radical (unpaired) electrons. The number of hydrogen-bond donors (Lipinski definition) is 3. The van der Waals surface area contributed by atoms with Crippen LogP contribution in [0.5, 0.6) is 5.75 Å². The molecule has 8 heteroatoms.